The third-order valence-corrected chi connectivity index (χ3v) is 10.4. The second-order valence-electron chi connectivity index (χ2n) is 11.8. The van der Waals surface area contributed by atoms with Gasteiger partial charge in [0, 0.05) is 26.6 Å². The number of benzene rings is 2. The van der Waals surface area contributed by atoms with Gasteiger partial charge in [-0.3, -0.25) is 0 Å². The number of nitrogens with one attached hydrogen (secondary N) is 1. The topological polar surface area (TPSA) is 110 Å². The summed E-state index contributed by atoms with van der Waals surface area (Å²) in [5, 5.41) is 9.00. The molecule has 9 nitrogen and oxygen atoms in total. The van der Waals surface area contributed by atoms with Crippen LogP contribution in [-0.4, -0.2) is 41.9 Å². The van der Waals surface area contributed by atoms with Gasteiger partial charge >= 0.3 is 18.0 Å². The van der Waals surface area contributed by atoms with Crippen LogP contribution in [0.1, 0.15) is 66.2 Å². The van der Waals surface area contributed by atoms with E-state index in [1.807, 2.05) is 44.2 Å². The summed E-state index contributed by atoms with van der Waals surface area (Å²) in [4.78, 5) is 44.4. The molecule has 1 atom stereocenters. The van der Waals surface area contributed by atoms with Crippen molar-refractivity contribution in [3.8, 4) is 11.3 Å². The minimum Gasteiger partial charge on any atom is -0.462 e. The highest BCUT2D eigenvalue weighted by molar-refractivity contribution is 7.14. The molecule has 1 aliphatic carbocycles. The number of cyclic esters (lactones) is 1. The summed E-state index contributed by atoms with van der Waals surface area (Å²) in [6.07, 6.45) is 5.02. The van der Waals surface area contributed by atoms with Gasteiger partial charge in [0.05, 0.1) is 28.7 Å². The summed E-state index contributed by atoms with van der Waals surface area (Å²) < 4.78 is 11.4. The highest BCUT2D eigenvalue weighted by Gasteiger charge is 2.53. The number of thiazole rings is 1. The van der Waals surface area contributed by atoms with Crippen LogP contribution in [0.3, 0.4) is 0 Å². The Bertz CT molecular complexity index is 1670. The van der Waals surface area contributed by atoms with E-state index in [-0.39, 0.29) is 11.5 Å². The molecule has 44 heavy (non-hydrogen) atoms. The van der Waals surface area contributed by atoms with E-state index in [0.29, 0.717) is 37.7 Å². The first-order valence-electron chi connectivity index (χ1n) is 14.3. The minimum atomic E-state index is -0.958. The van der Waals surface area contributed by atoms with Crippen molar-refractivity contribution >= 4 is 64.4 Å². The molecule has 2 amide bonds. The number of halogens is 2. The number of anilines is 1. The Balaban J connectivity index is 1.38. The molecular formula is C32H30Cl2N4O5S. The average Bonchev–Trinajstić information content (AvgIpc) is 3.57. The summed E-state index contributed by atoms with van der Waals surface area (Å²) in [5.74, 6) is -1.12. The van der Waals surface area contributed by atoms with Crippen LogP contribution in [0, 0.1) is 5.41 Å². The molecule has 1 N–H and O–H groups in total. The molecule has 12 heteroatoms. The van der Waals surface area contributed by atoms with Crippen LogP contribution >= 0.6 is 34.5 Å². The van der Waals surface area contributed by atoms with Crippen molar-refractivity contribution in [2.75, 3.05) is 11.6 Å². The molecular weight excluding hydrogens is 623 g/mol. The van der Waals surface area contributed by atoms with Crippen LogP contribution in [0.4, 0.5) is 10.5 Å². The van der Waals surface area contributed by atoms with Gasteiger partial charge < -0.3 is 14.8 Å². The number of nitrogens with zero attached hydrogens (tertiary/aromatic N) is 3. The van der Waals surface area contributed by atoms with Crippen LogP contribution < -0.4 is 10.3 Å². The van der Waals surface area contributed by atoms with E-state index in [0.717, 1.165) is 42.7 Å². The largest absolute Gasteiger partial charge is 0.462 e. The molecule has 1 unspecified atom stereocenters. The smallest absolute Gasteiger partial charge is 0.351 e. The molecule has 2 fully saturated rings. The number of hydrazone groups is 1. The lowest BCUT2D eigenvalue weighted by Crippen LogP contribution is -2.40. The molecule has 3 aromatic rings. The number of esters is 2. The third kappa shape index (κ3) is 5.39. The predicted molar refractivity (Wildman–Crippen MR) is 170 cm³/mol. The number of urea groups is 1. The Kier molecular flexibility index (Phi) is 8.02. The van der Waals surface area contributed by atoms with E-state index in [2.05, 4.69) is 17.0 Å². The number of hydrogen-bond donors (Lipinski definition) is 1. The number of rotatable bonds is 6. The number of allylic oxidation sites excluding steroid dienone is 1. The van der Waals surface area contributed by atoms with Gasteiger partial charge in [-0.2, -0.15) is 10.1 Å². The maximum Gasteiger partial charge on any atom is 0.351 e. The Morgan fingerprint density at radius 2 is 1.82 bits per heavy atom. The SMILES string of the molecule is C=C1C=NN(c2cc(Cl)c(C(C)(C)c3nc(-c4ccccc4)c(C(=O)OC4C(=O)OCC45CCCCC5)s3)c(Cl)c2)C(=O)N1. The highest BCUT2D eigenvalue weighted by atomic mass is 35.5. The van der Waals surface area contributed by atoms with Crippen molar-refractivity contribution in [3.05, 3.63) is 80.2 Å². The molecule has 1 aromatic heterocycles. The summed E-state index contributed by atoms with van der Waals surface area (Å²) in [7, 11) is 0. The summed E-state index contributed by atoms with van der Waals surface area (Å²) in [6, 6.07) is 12.0. The van der Waals surface area contributed by atoms with Crippen molar-refractivity contribution in [3.63, 3.8) is 0 Å². The van der Waals surface area contributed by atoms with E-state index in [4.69, 9.17) is 37.7 Å². The van der Waals surface area contributed by atoms with Crippen molar-refractivity contribution < 1.29 is 23.9 Å². The third-order valence-electron chi connectivity index (χ3n) is 8.43. The zero-order valence-electron chi connectivity index (χ0n) is 24.2. The molecule has 228 valence electrons. The molecule has 3 aliphatic rings. The van der Waals surface area contributed by atoms with Crippen LogP contribution in [0.15, 0.2) is 59.8 Å². The second-order valence-corrected chi connectivity index (χ2v) is 13.6. The normalized spacial score (nSPS) is 19.7. The molecule has 3 heterocycles. The van der Waals surface area contributed by atoms with Crippen LogP contribution in [0.25, 0.3) is 11.3 Å². The minimum absolute atomic E-state index is 0.266. The molecule has 2 aromatic carbocycles. The molecule has 1 spiro atoms. The predicted octanol–water partition coefficient (Wildman–Crippen LogP) is 7.50. The highest BCUT2D eigenvalue weighted by Crippen LogP contribution is 2.47. The lowest BCUT2D eigenvalue weighted by atomic mass is 9.72. The lowest BCUT2D eigenvalue weighted by Gasteiger charge is -2.34. The first-order valence-corrected chi connectivity index (χ1v) is 15.9. The van der Waals surface area contributed by atoms with Crippen LogP contribution in [0.2, 0.25) is 10.0 Å². The number of carbonyl (C=O) groups excluding carboxylic acids is 3. The number of hydrogen-bond acceptors (Lipinski definition) is 8. The van der Waals surface area contributed by atoms with Gasteiger partial charge in [0.1, 0.15) is 16.5 Å². The van der Waals surface area contributed by atoms with E-state index < -0.39 is 34.9 Å². The Morgan fingerprint density at radius 3 is 2.48 bits per heavy atom. The Hall–Kier alpha value is -3.73. The van der Waals surface area contributed by atoms with E-state index in [9.17, 15) is 14.4 Å². The van der Waals surface area contributed by atoms with Crippen molar-refractivity contribution in [1.29, 1.82) is 0 Å². The molecule has 0 bridgehead atoms. The van der Waals surface area contributed by atoms with Gasteiger partial charge in [0.2, 0.25) is 6.10 Å². The Labute approximate surface area is 268 Å². The zero-order chi connectivity index (χ0) is 31.2. The van der Waals surface area contributed by atoms with Gasteiger partial charge in [0.25, 0.3) is 0 Å². The zero-order valence-corrected chi connectivity index (χ0v) is 26.5. The van der Waals surface area contributed by atoms with Gasteiger partial charge in [-0.05, 0) is 38.8 Å². The maximum atomic E-state index is 13.9. The van der Waals surface area contributed by atoms with E-state index in [1.54, 1.807) is 12.1 Å². The number of carbonyl (C=O) groups is 3. The fraction of sp³-hybridized carbons (Fsp3) is 0.344. The molecule has 6 rings (SSSR count). The number of ether oxygens (including phenoxy) is 2. The molecule has 1 saturated carbocycles. The van der Waals surface area contributed by atoms with Crippen molar-refractivity contribution in [2.45, 2.75) is 57.5 Å². The number of amides is 2. The molecule has 0 radical (unpaired) electrons. The van der Waals surface area contributed by atoms with Crippen molar-refractivity contribution in [2.24, 2.45) is 10.5 Å². The fourth-order valence-corrected chi connectivity index (χ4v) is 8.13. The lowest BCUT2D eigenvalue weighted by molar-refractivity contribution is -0.145. The van der Waals surface area contributed by atoms with E-state index in [1.165, 1.54) is 17.6 Å². The van der Waals surface area contributed by atoms with Gasteiger partial charge in [-0.15, -0.1) is 11.3 Å². The quantitative estimate of drug-likeness (QED) is 0.276. The van der Waals surface area contributed by atoms with Crippen LogP contribution in [0.5, 0.6) is 0 Å². The summed E-state index contributed by atoms with van der Waals surface area (Å²) in [6.45, 7) is 7.76. The van der Waals surface area contributed by atoms with Gasteiger partial charge in [0.15, 0.2) is 0 Å². The average molecular weight is 654 g/mol. The first kappa shape index (κ1) is 30.3. The van der Waals surface area contributed by atoms with E-state index >= 15 is 0 Å². The Morgan fingerprint density at radius 1 is 1.14 bits per heavy atom. The monoisotopic (exact) mass is 652 g/mol. The molecule has 1 saturated heterocycles. The van der Waals surface area contributed by atoms with Gasteiger partial charge in [-0.25, -0.2) is 19.4 Å². The van der Waals surface area contributed by atoms with Gasteiger partial charge in [-0.1, -0.05) is 79.4 Å². The fourth-order valence-electron chi connectivity index (χ4n) is 6.10. The van der Waals surface area contributed by atoms with Crippen molar-refractivity contribution in [1.82, 2.24) is 10.3 Å². The summed E-state index contributed by atoms with van der Waals surface area (Å²) >= 11 is 14.8. The summed E-state index contributed by atoms with van der Waals surface area (Å²) in [5.41, 5.74) is 1.10. The first-order chi connectivity index (χ1) is 21.0. The number of aromatic nitrogens is 1. The standard InChI is InChI=1S/C32H30Cl2N4O5S/c1-18-16-35-38(30(41)36-18)20-14-21(33)23(22(34)15-20)31(2,3)29-37-24(19-10-6-4-7-11-19)25(44-29)27(39)43-26-28(40)42-17-32(26)12-8-5-9-13-32/h4,6-7,10-11,14-16,26H,1,5,8-9,12-13,17H2,2-3H3,(H,36,41). The maximum absolute atomic E-state index is 13.9. The second kappa shape index (κ2) is 11.6. The van der Waals surface area contributed by atoms with Crippen LogP contribution in [-0.2, 0) is 19.7 Å². The molecule has 2 aliphatic heterocycles.